The molecule has 0 atom stereocenters. The molecule has 0 bridgehead atoms. The van der Waals surface area contributed by atoms with E-state index in [1.54, 1.807) is 6.92 Å². The van der Waals surface area contributed by atoms with Crippen LogP contribution in [-0.2, 0) is 6.05 Å². The first-order valence-electron chi connectivity index (χ1n) is 4.60. The lowest BCUT2D eigenvalue weighted by molar-refractivity contribution is -0.0915. The van der Waals surface area contributed by atoms with Crippen LogP contribution in [-0.4, -0.2) is 19.7 Å². The van der Waals surface area contributed by atoms with Gasteiger partial charge >= 0.3 is 6.05 Å². The maximum absolute atomic E-state index is 13.4. The van der Waals surface area contributed by atoms with E-state index in [0.29, 0.717) is 15.9 Å². The summed E-state index contributed by atoms with van der Waals surface area (Å²) in [6, 6.07) is -3.00. The molecule has 0 unspecified atom stereocenters. The lowest BCUT2D eigenvalue weighted by Crippen LogP contribution is -2.23. The molecule has 0 radical (unpaired) electrons. The Bertz CT molecular complexity index is 492. The van der Waals surface area contributed by atoms with Crippen molar-refractivity contribution >= 4 is 11.0 Å². The van der Waals surface area contributed by atoms with E-state index in [0.717, 1.165) is 0 Å². The normalized spacial score (nSPS) is 12.3. The van der Waals surface area contributed by atoms with Gasteiger partial charge < -0.3 is 0 Å². The van der Waals surface area contributed by atoms with Crippen molar-refractivity contribution in [3.8, 4) is 0 Å². The predicted octanol–water partition coefficient (Wildman–Crippen LogP) is 2.09. The zero-order valence-corrected chi connectivity index (χ0v) is 8.41. The fraction of sp³-hybridized carbons (Fsp3) is 0.444. The Morgan fingerprint density at radius 2 is 2.13 bits per heavy atom. The van der Waals surface area contributed by atoms with Crippen LogP contribution in [0.2, 0.25) is 0 Å². The Morgan fingerprint density at radius 3 is 2.80 bits per heavy atom. The molecular formula is C9H10F2N4. The van der Waals surface area contributed by atoms with E-state index in [2.05, 4.69) is 15.1 Å². The van der Waals surface area contributed by atoms with Gasteiger partial charge in [-0.05, 0) is 6.92 Å². The van der Waals surface area contributed by atoms with Gasteiger partial charge in [0.05, 0.1) is 11.6 Å². The number of hydrogen-bond donors (Lipinski definition) is 0. The van der Waals surface area contributed by atoms with Crippen LogP contribution in [0.15, 0.2) is 12.4 Å². The smallest absolute Gasteiger partial charge is 0.241 e. The van der Waals surface area contributed by atoms with Crippen molar-refractivity contribution < 1.29 is 8.78 Å². The molecule has 0 aliphatic rings. The van der Waals surface area contributed by atoms with Gasteiger partial charge in [-0.3, -0.25) is 0 Å². The van der Waals surface area contributed by atoms with Crippen molar-refractivity contribution in [2.75, 3.05) is 0 Å². The Labute approximate surface area is 85.0 Å². The third kappa shape index (κ3) is 1.55. The van der Waals surface area contributed by atoms with Crippen LogP contribution in [0, 0.1) is 6.92 Å². The van der Waals surface area contributed by atoms with E-state index < -0.39 is 6.05 Å². The van der Waals surface area contributed by atoms with Crippen LogP contribution in [0.5, 0.6) is 0 Å². The number of nitrogens with zero attached hydrogens (tertiary/aromatic N) is 4. The second-order valence-corrected chi connectivity index (χ2v) is 3.27. The van der Waals surface area contributed by atoms with Crippen LogP contribution in [0.25, 0.3) is 11.0 Å². The molecule has 2 rings (SSSR count). The molecule has 0 N–H and O–H groups in total. The average Bonchev–Trinajstić information content (AvgIpc) is 2.61. The van der Waals surface area contributed by atoms with Crippen LogP contribution in [0.4, 0.5) is 8.78 Å². The molecule has 6 heteroatoms. The Kier molecular flexibility index (Phi) is 2.13. The van der Waals surface area contributed by atoms with Gasteiger partial charge in [-0.2, -0.15) is 18.6 Å². The van der Waals surface area contributed by atoms with Gasteiger partial charge in [-0.1, -0.05) is 6.92 Å². The highest BCUT2D eigenvalue weighted by molar-refractivity contribution is 5.73. The molecule has 0 aromatic carbocycles. The molecule has 2 aromatic rings. The topological polar surface area (TPSA) is 43.6 Å². The second-order valence-electron chi connectivity index (χ2n) is 3.27. The molecule has 0 saturated heterocycles. The van der Waals surface area contributed by atoms with E-state index >= 15 is 0 Å². The van der Waals surface area contributed by atoms with Gasteiger partial charge in [0, 0.05) is 12.6 Å². The zero-order valence-electron chi connectivity index (χ0n) is 8.41. The van der Waals surface area contributed by atoms with Gasteiger partial charge in [-0.25, -0.2) is 9.97 Å². The molecule has 2 aromatic heterocycles. The molecule has 0 saturated carbocycles. The molecule has 0 fully saturated rings. The van der Waals surface area contributed by atoms with Gasteiger partial charge in [-0.15, -0.1) is 0 Å². The van der Waals surface area contributed by atoms with Gasteiger partial charge in [0.1, 0.15) is 5.82 Å². The van der Waals surface area contributed by atoms with Crippen molar-refractivity contribution in [2.24, 2.45) is 0 Å². The third-order valence-electron chi connectivity index (χ3n) is 2.16. The molecular weight excluding hydrogens is 202 g/mol. The second kappa shape index (κ2) is 3.22. The van der Waals surface area contributed by atoms with Crippen LogP contribution < -0.4 is 0 Å². The summed E-state index contributed by atoms with van der Waals surface area (Å²) in [6.07, 6.45) is 2.53. The van der Waals surface area contributed by atoms with Crippen molar-refractivity contribution in [3.05, 3.63) is 18.2 Å². The highest BCUT2D eigenvalue weighted by Gasteiger charge is 2.31. The molecule has 0 aliphatic heterocycles. The number of halogens is 2. The van der Waals surface area contributed by atoms with Crippen molar-refractivity contribution in [1.29, 1.82) is 0 Å². The van der Waals surface area contributed by atoms with Gasteiger partial charge in [0.25, 0.3) is 0 Å². The maximum atomic E-state index is 13.4. The van der Waals surface area contributed by atoms with Crippen LogP contribution >= 0.6 is 0 Å². The maximum Gasteiger partial charge on any atom is 0.345 e. The number of aromatic nitrogens is 4. The Hall–Kier alpha value is -1.59. The Morgan fingerprint density at radius 1 is 1.40 bits per heavy atom. The highest BCUT2D eigenvalue weighted by Crippen LogP contribution is 2.27. The first-order valence-corrected chi connectivity index (χ1v) is 4.60. The Balaban J connectivity index is 2.67. The van der Waals surface area contributed by atoms with E-state index in [4.69, 9.17) is 0 Å². The quantitative estimate of drug-likeness (QED) is 0.765. The SMILES string of the molecule is CCC(F)(F)n1ncc2cnc(C)nc21. The lowest BCUT2D eigenvalue weighted by Gasteiger charge is -2.14. The van der Waals surface area contributed by atoms with E-state index in [-0.39, 0.29) is 12.1 Å². The fourth-order valence-corrected chi connectivity index (χ4v) is 1.29. The number of hydrogen-bond acceptors (Lipinski definition) is 3. The summed E-state index contributed by atoms with van der Waals surface area (Å²) in [5.41, 5.74) is 0.175. The summed E-state index contributed by atoms with van der Waals surface area (Å²) in [7, 11) is 0. The average molecular weight is 212 g/mol. The lowest BCUT2D eigenvalue weighted by atomic mass is 10.4. The first-order chi connectivity index (χ1) is 7.04. The first kappa shape index (κ1) is 9.95. The number of rotatable bonds is 2. The third-order valence-corrected chi connectivity index (χ3v) is 2.16. The molecule has 4 nitrogen and oxygen atoms in total. The van der Waals surface area contributed by atoms with Crippen molar-refractivity contribution in [2.45, 2.75) is 26.3 Å². The van der Waals surface area contributed by atoms with Crippen molar-refractivity contribution in [3.63, 3.8) is 0 Å². The summed E-state index contributed by atoms with van der Waals surface area (Å²) >= 11 is 0. The number of fused-ring (bicyclic) bond motifs is 1. The fourth-order valence-electron chi connectivity index (χ4n) is 1.29. The monoisotopic (exact) mass is 212 g/mol. The minimum atomic E-state index is -3.00. The molecule has 0 aliphatic carbocycles. The molecule has 0 amide bonds. The number of aryl methyl sites for hydroxylation is 1. The van der Waals surface area contributed by atoms with E-state index in [9.17, 15) is 8.78 Å². The van der Waals surface area contributed by atoms with E-state index in [1.807, 2.05) is 0 Å². The van der Waals surface area contributed by atoms with Crippen molar-refractivity contribution in [1.82, 2.24) is 19.7 Å². The molecule has 0 spiro atoms. The van der Waals surface area contributed by atoms with Crippen LogP contribution in [0.3, 0.4) is 0 Å². The van der Waals surface area contributed by atoms with Gasteiger partial charge in [0.2, 0.25) is 0 Å². The number of alkyl halides is 2. The largest absolute Gasteiger partial charge is 0.345 e. The standard InChI is InChI=1S/C9H10F2N4/c1-3-9(10,11)15-8-7(5-13-15)4-12-6(2)14-8/h4-5H,3H2,1-2H3. The predicted molar refractivity (Wildman–Crippen MR) is 50.5 cm³/mol. The summed E-state index contributed by atoms with van der Waals surface area (Å²) in [5, 5.41) is 4.17. The molecule has 80 valence electrons. The summed E-state index contributed by atoms with van der Waals surface area (Å²) in [4.78, 5) is 7.88. The molecule has 2 heterocycles. The zero-order chi connectivity index (χ0) is 11.1. The van der Waals surface area contributed by atoms with Crippen LogP contribution in [0.1, 0.15) is 19.2 Å². The highest BCUT2D eigenvalue weighted by atomic mass is 19.3. The minimum absolute atomic E-state index is 0.175. The minimum Gasteiger partial charge on any atom is -0.241 e. The summed E-state index contributed by atoms with van der Waals surface area (Å²) < 4.78 is 27.5. The van der Waals surface area contributed by atoms with Gasteiger partial charge in [0.15, 0.2) is 5.65 Å². The van der Waals surface area contributed by atoms with E-state index in [1.165, 1.54) is 19.3 Å². The molecule has 15 heavy (non-hydrogen) atoms. The summed E-state index contributed by atoms with van der Waals surface area (Å²) in [5.74, 6) is 0.455. The summed E-state index contributed by atoms with van der Waals surface area (Å²) in [6.45, 7) is 3.06.